The Morgan fingerprint density at radius 1 is 1.65 bits per heavy atom. The van der Waals surface area contributed by atoms with Crippen molar-refractivity contribution < 1.29 is 9.53 Å². The number of carbonyl (C=O) groups excluding carboxylic acids is 1. The first kappa shape index (κ1) is 14.4. The molecule has 0 aromatic heterocycles. The van der Waals surface area contributed by atoms with Crippen LogP contribution in [0.2, 0.25) is 0 Å². The van der Waals surface area contributed by atoms with Crippen LogP contribution in [0.3, 0.4) is 0 Å². The van der Waals surface area contributed by atoms with Gasteiger partial charge in [-0.2, -0.15) is 0 Å². The minimum Gasteiger partial charge on any atom is -0.393 e. The zero-order valence-corrected chi connectivity index (χ0v) is 11.5. The van der Waals surface area contributed by atoms with Gasteiger partial charge in [0.1, 0.15) is 0 Å². The summed E-state index contributed by atoms with van der Waals surface area (Å²) in [5, 5.41) is 0. The summed E-state index contributed by atoms with van der Waals surface area (Å²) in [6.45, 7) is 3.49. The molecule has 4 nitrogen and oxygen atoms in total. The lowest BCUT2D eigenvalue weighted by atomic mass is 9.99. The van der Waals surface area contributed by atoms with Gasteiger partial charge in [-0.1, -0.05) is 25.6 Å². The second-order valence-corrected chi connectivity index (χ2v) is 5.00. The van der Waals surface area contributed by atoms with Crippen molar-refractivity contribution in [3.8, 4) is 0 Å². The molecule has 2 unspecified atom stereocenters. The maximum absolute atomic E-state index is 12.3. The Balaban J connectivity index is 2.63. The molecule has 1 aliphatic rings. The number of rotatable bonds is 5. The van der Waals surface area contributed by atoms with E-state index in [1.54, 1.807) is 7.11 Å². The smallest absolute Gasteiger partial charge is 0.232 e. The Morgan fingerprint density at radius 2 is 2.35 bits per heavy atom. The van der Waals surface area contributed by atoms with Crippen molar-refractivity contribution in [2.24, 2.45) is 11.7 Å². The largest absolute Gasteiger partial charge is 0.393 e. The van der Waals surface area contributed by atoms with Gasteiger partial charge in [-0.3, -0.25) is 4.79 Å². The number of thiocarbonyl (C=S) groups is 1. The van der Waals surface area contributed by atoms with Gasteiger partial charge in [0.05, 0.1) is 17.0 Å². The molecule has 0 bridgehead atoms. The first-order valence-corrected chi connectivity index (χ1v) is 6.61. The van der Waals surface area contributed by atoms with Crippen LogP contribution in [0.5, 0.6) is 0 Å². The highest BCUT2D eigenvalue weighted by atomic mass is 32.1. The van der Waals surface area contributed by atoms with Crippen molar-refractivity contribution in [1.82, 2.24) is 4.90 Å². The van der Waals surface area contributed by atoms with Gasteiger partial charge in [-0.25, -0.2) is 0 Å². The maximum atomic E-state index is 12.3. The van der Waals surface area contributed by atoms with Crippen molar-refractivity contribution in [3.05, 3.63) is 0 Å². The third-order valence-electron chi connectivity index (χ3n) is 3.24. The molecule has 0 aromatic rings. The molecule has 1 aliphatic heterocycles. The monoisotopic (exact) mass is 258 g/mol. The quantitative estimate of drug-likeness (QED) is 0.756. The number of ether oxygens (including phenoxy) is 1. The molecule has 0 aliphatic carbocycles. The van der Waals surface area contributed by atoms with Gasteiger partial charge in [0.2, 0.25) is 5.91 Å². The zero-order chi connectivity index (χ0) is 12.8. The van der Waals surface area contributed by atoms with Gasteiger partial charge in [-0.15, -0.1) is 0 Å². The number of hydrogen-bond donors (Lipinski definition) is 1. The normalized spacial score (nSPS) is 22.2. The first-order valence-electron chi connectivity index (χ1n) is 6.21. The third kappa shape index (κ3) is 3.92. The average Bonchev–Trinajstić information content (AvgIpc) is 2.34. The fraction of sp³-hybridized carbons (Fsp3) is 0.833. The van der Waals surface area contributed by atoms with Crippen molar-refractivity contribution in [2.75, 3.05) is 20.2 Å². The van der Waals surface area contributed by atoms with E-state index in [-0.39, 0.29) is 17.9 Å². The summed E-state index contributed by atoms with van der Waals surface area (Å²) in [5.41, 5.74) is 5.65. The van der Waals surface area contributed by atoms with E-state index in [1.165, 1.54) is 0 Å². The number of carbonyl (C=O) groups is 1. The maximum Gasteiger partial charge on any atom is 0.232 e. The molecule has 1 saturated heterocycles. The molecule has 0 spiro atoms. The van der Waals surface area contributed by atoms with E-state index in [0.717, 1.165) is 32.2 Å². The molecule has 5 heteroatoms. The van der Waals surface area contributed by atoms with E-state index in [9.17, 15) is 4.79 Å². The Bertz CT molecular complexity index is 284. The molecule has 1 heterocycles. The van der Waals surface area contributed by atoms with E-state index >= 15 is 0 Å². The Hall–Kier alpha value is -0.680. The third-order valence-corrected chi connectivity index (χ3v) is 3.53. The number of nitrogens with two attached hydrogens (primary N) is 1. The summed E-state index contributed by atoms with van der Waals surface area (Å²) in [7, 11) is 1.69. The lowest BCUT2D eigenvalue weighted by molar-refractivity contribution is -0.137. The Labute approximate surface area is 108 Å². The highest BCUT2D eigenvalue weighted by molar-refractivity contribution is 7.80. The van der Waals surface area contributed by atoms with Gasteiger partial charge in [-0.05, 0) is 19.3 Å². The fourth-order valence-electron chi connectivity index (χ4n) is 2.23. The topological polar surface area (TPSA) is 55.6 Å². The van der Waals surface area contributed by atoms with Crippen LogP contribution >= 0.6 is 12.2 Å². The van der Waals surface area contributed by atoms with Gasteiger partial charge in [0, 0.05) is 20.2 Å². The van der Waals surface area contributed by atoms with E-state index in [1.807, 2.05) is 11.8 Å². The summed E-state index contributed by atoms with van der Waals surface area (Å²) in [6, 6.07) is 0. The molecule has 1 fully saturated rings. The van der Waals surface area contributed by atoms with Crippen LogP contribution in [-0.4, -0.2) is 42.1 Å². The van der Waals surface area contributed by atoms with Crippen LogP contribution in [0.15, 0.2) is 0 Å². The Morgan fingerprint density at radius 3 is 2.88 bits per heavy atom. The van der Waals surface area contributed by atoms with Crippen LogP contribution in [0.25, 0.3) is 0 Å². The number of piperidine rings is 1. The fourth-order valence-corrected chi connectivity index (χ4v) is 2.45. The first-order chi connectivity index (χ1) is 8.10. The summed E-state index contributed by atoms with van der Waals surface area (Å²) in [6.07, 6.45) is 3.81. The van der Waals surface area contributed by atoms with Gasteiger partial charge >= 0.3 is 0 Å². The minimum atomic E-state index is -0.300. The summed E-state index contributed by atoms with van der Waals surface area (Å²) >= 11 is 4.98. The SMILES string of the molecule is CCCC(C(=O)N1CCCC(OC)C1)C(N)=S. The lowest BCUT2D eigenvalue weighted by Crippen LogP contribution is -2.47. The van der Waals surface area contributed by atoms with Crippen molar-refractivity contribution in [2.45, 2.75) is 38.7 Å². The summed E-state index contributed by atoms with van der Waals surface area (Å²) in [5.74, 6) is -0.230. The van der Waals surface area contributed by atoms with E-state index in [0.29, 0.717) is 11.5 Å². The standard InChI is InChI=1S/C12H22N2O2S/c1-3-5-10(11(13)17)12(15)14-7-4-6-9(8-14)16-2/h9-10H,3-8H2,1-2H3,(H2,13,17). The highest BCUT2D eigenvalue weighted by Crippen LogP contribution is 2.17. The van der Waals surface area contributed by atoms with Crippen molar-refractivity contribution in [1.29, 1.82) is 0 Å². The predicted molar refractivity (Wildman–Crippen MR) is 71.8 cm³/mol. The molecule has 2 atom stereocenters. The van der Waals surface area contributed by atoms with E-state index in [2.05, 4.69) is 0 Å². The van der Waals surface area contributed by atoms with Gasteiger partial charge in [0.25, 0.3) is 0 Å². The van der Waals surface area contributed by atoms with Crippen LogP contribution < -0.4 is 5.73 Å². The molecular weight excluding hydrogens is 236 g/mol. The van der Waals surface area contributed by atoms with Gasteiger partial charge < -0.3 is 15.4 Å². The van der Waals surface area contributed by atoms with Gasteiger partial charge in [0.15, 0.2) is 0 Å². The molecule has 0 aromatic carbocycles. The van der Waals surface area contributed by atoms with E-state index in [4.69, 9.17) is 22.7 Å². The molecule has 0 radical (unpaired) electrons. The molecule has 2 N–H and O–H groups in total. The van der Waals surface area contributed by atoms with Crippen LogP contribution in [0.1, 0.15) is 32.6 Å². The number of hydrogen-bond acceptors (Lipinski definition) is 3. The molecule has 17 heavy (non-hydrogen) atoms. The van der Waals surface area contributed by atoms with Crippen LogP contribution in [-0.2, 0) is 9.53 Å². The number of likely N-dealkylation sites (tertiary alicyclic amines) is 1. The molecule has 1 rings (SSSR count). The zero-order valence-electron chi connectivity index (χ0n) is 10.6. The highest BCUT2D eigenvalue weighted by Gasteiger charge is 2.29. The van der Waals surface area contributed by atoms with E-state index < -0.39 is 0 Å². The number of nitrogens with zero attached hydrogens (tertiary/aromatic N) is 1. The Kier molecular flexibility index (Phi) is 5.85. The number of amides is 1. The molecular formula is C12H22N2O2S. The predicted octanol–water partition coefficient (Wildman–Crippen LogP) is 1.33. The summed E-state index contributed by atoms with van der Waals surface area (Å²) in [4.78, 5) is 14.5. The molecule has 98 valence electrons. The minimum absolute atomic E-state index is 0.0705. The van der Waals surface area contributed by atoms with Crippen LogP contribution in [0.4, 0.5) is 0 Å². The number of methoxy groups -OCH3 is 1. The molecule has 1 amide bonds. The second-order valence-electron chi connectivity index (χ2n) is 4.53. The average molecular weight is 258 g/mol. The lowest BCUT2D eigenvalue weighted by Gasteiger charge is -2.34. The second kappa shape index (κ2) is 6.91. The summed E-state index contributed by atoms with van der Waals surface area (Å²) < 4.78 is 5.31. The molecule has 0 saturated carbocycles. The van der Waals surface area contributed by atoms with Crippen molar-refractivity contribution in [3.63, 3.8) is 0 Å². The van der Waals surface area contributed by atoms with Crippen molar-refractivity contribution >= 4 is 23.1 Å². The van der Waals surface area contributed by atoms with Crippen LogP contribution in [0, 0.1) is 5.92 Å².